The molecular weight excluding hydrogens is 163 g/mol. The molecule has 64 valence electrons. The monoisotopic (exact) mass is 170 g/mol. The molecule has 0 unspecified atom stereocenters. The second-order valence-electron chi connectivity index (χ2n) is 2.13. The fourth-order valence-corrected chi connectivity index (χ4v) is 0.842. The second kappa shape index (κ2) is 3.77. The molecule has 0 aromatic heterocycles. The molecule has 0 radical (unpaired) electrons. The minimum Gasteiger partial charge on any atom is -0.411 e. The molecular formula is C7H7FN2O2. The van der Waals surface area contributed by atoms with Crippen molar-refractivity contribution >= 4 is 5.69 Å². The maximum absolute atomic E-state index is 12.2. The molecule has 1 rings (SSSR count). The lowest BCUT2D eigenvalue weighted by Gasteiger charge is -2.02. The number of alkyl halides is 1. The summed E-state index contributed by atoms with van der Waals surface area (Å²) in [6.45, 7) is -0.740. The Labute approximate surface area is 68.1 Å². The number of hydrogen-bond donors (Lipinski definition) is 1. The van der Waals surface area contributed by atoms with E-state index in [1.807, 2.05) is 0 Å². The van der Waals surface area contributed by atoms with Gasteiger partial charge in [-0.1, -0.05) is 0 Å². The minimum absolute atomic E-state index is 0.156. The van der Waals surface area contributed by atoms with Crippen LogP contribution in [0, 0.1) is 4.91 Å². The van der Waals surface area contributed by atoms with Crippen molar-refractivity contribution in [2.75, 3.05) is 0 Å². The van der Waals surface area contributed by atoms with E-state index >= 15 is 0 Å². The van der Waals surface area contributed by atoms with Gasteiger partial charge >= 0.3 is 0 Å². The van der Waals surface area contributed by atoms with E-state index in [4.69, 9.17) is 5.90 Å². The number of nitrogens with two attached hydrogens (primary N) is 1. The first-order valence-corrected chi connectivity index (χ1v) is 3.20. The summed E-state index contributed by atoms with van der Waals surface area (Å²) in [5.41, 5.74) is 0.373. The first-order valence-electron chi connectivity index (χ1n) is 3.20. The topological polar surface area (TPSA) is 64.7 Å². The summed E-state index contributed by atoms with van der Waals surface area (Å²) < 4.78 is 12.2. The lowest BCUT2D eigenvalue weighted by Crippen LogP contribution is -2.03. The molecule has 0 atom stereocenters. The highest BCUT2D eigenvalue weighted by Gasteiger charge is 2.04. The van der Waals surface area contributed by atoms with Gasteiger partial charge in [0.15, 0.2) is 5.75 Å². The van der Waals surface area contributed by atoms with Crippen LogP contribution in [0.15, 0.2) is 23.4 Å². The normalized spacial score (nSPS) is 9.50. The highest BCUT2D eigenvalue weighted by atomic mass is 19.1. The van der Waals surface area contributed by atoms with Crippen LogP contribution >= 0.6 is 0 Å². The van der Waals surface area contributed by atoms with Crippen molar-refractivity contribution in [1.82, 2.24) is 0 Å². The number of halogens is 1. The molecule has 0 aliphatic carbocycles. The maximum atomic E-state index is 12.2. The van der Waals surface area contributed by atoms with Gasteiger partial charge < -0.3 is 4.84 Å². The summed E-state index contributed by atoms with van der Waals surface area (Å²) in [7, 11) is 0. The van der Waals surface area contributed by atoms with Crippen LogP contribution in [-0.2, 0) is 6.67 Å². The van der Waals surface area contributed by atoms with Gasteiger partial charge in [0, 0.05) is 5.56 Å². The van der Waals surface area contributed by atoms with Crippen molar-refractivity contribution in [2.45, 2.75) is 6.67 Å². The number of nitroso groups, excluding NO2 is 1. The second-order valence-corrected chi connectivity index (χ2v) is 2.13. The molecule has 0 amide bonds. The Balaban J connectivity index is 3.10. The van der Waals surface area contributed by atoms with Crippen LogP contribution < -0.4 is 10.7 Å². The molecule has 0 saturated carbocycles. The van der Waals surface area contributed by atoms with E-state index in [1.165, 1.54) is 18.2 Å². The van der Waals surface area contributed by atoms with Gasteiger partial charge in [-0.05, 0) is 23.4 Å². The van der Waals surface area contributed by atoms with Crippen molar-refractivity contribution in [3.63, 3.8) is 0 Å². The van der Waals surface area contributed by atoms with E-state index in [9.17, 15) is 9.30 Å². The van der Waals surface area contributed by atoms with Gasteiger partial charge in [0.1, 0.15) is 12.4 Å². The number of rotatable bonds is 3. The van der Waals surface area contributed by atoms with Crippen LogP contribution in [-0.4, -0.2) is 0 Å². The van der Waals surface area contributed by atoms with Gasteiger partial charge in [0.2, 0.25) is 0 Å². The van der Waals surface area contributed by atoms with Gasteiger partial charge in [0.05, 0.1) is 0 Å². The number of nitrogens with zero attached hydrogens (tertiary/aromatic N) is 1. The lowest BCUT2D eigenvalue weighted by atomic mass is 10.2. The minimum atomic E-state index is -0.740. The molecule has 12 heavy (non-hydrogen) atoms. The fourth-order valence-electron chi connectivity index (χ4n) is 0.842. The maximum Gasteiger partial charge on any atom is 0.152 e. The number of benzene rings is 1. The summed E-state index contributed by atoms with van der Waals surface area (Å²) in [4.78, 5) is 14.4. The van der Waals surface area contributed by atoms with E-state index in [0.717, 1.165) is 0 Å². The van der Waals surface area contributed by atoms with Gasteiger partial charge in [0.25, 0.3) is 0 Å². The van der Waals surface area contributed by atoms with Crippen LogP contribution in [0.5, 0.6) is 5.75 Å². The summed E-state index contributed by atoms with van der Waals surface area (Å²) in [5, 5.41) is 2.64. The first kappa shape index (κ1) is 8.61. The Morgan fingerprint density at radius 2 is 2.33 bits per heavy atom. The largest absolute Gasteiger partial charge is 0.411 e. The molecule has 2 N–H and O–H groups in total. The molecule has 0 bridgehead atoms. The van der Waals surface area contributed by atoms with Crippen LogP contribution in [0.4, 0.5) is 10.1 Å². The Hall–Kier alpha value is -1.49. The third-order valence-corrected chi connectivity index (χ3v) is 1.42. The summed E-state index contributed by atoms with van der Waals surface area (Å²) in [6.07, 6.45) is 0. The van der Waals surface area contributed by atoms with Gasteiger partial charge in [-0.25, -0.2) is 4.39 Å². The zero-order valence-corrected chi connectivity index (χ0v) is 6.16. The van der Waals surface area contributed by atoms with Gasteiger partial charge in [-0.3, -0.25) is 0 Å². The Morgan fingerprint density at radius 3 is 2.83 bits per heavy atom. The predicted octanol–water partition coefficient (Wildman–Crippen LogP) is 1.81. The SMILES string of the molecule is NOc1ccc(N=O)cc1CF. The van der Waals surface area contributed by atoms with Crippen LogP contribution in [0.2, 0.25) is 0 Å². The molecule has 4 nitrogen and oxygen atoms in total. The molecule has 5 heteroatoms. The van der Waals surface area contributed by atoms with E-state index in [0.29, 0.717) is 0 Å². The molecule has 1 aromatic rings. The zero-order chi connectivity index (χ0) is 8.97. The smallest absolute Gasteiger partial charge is 0.152 e. The van der Waals surface area contributed by atoms with Crippen molar-refractivity contribution in [3.8, 4) is 5.75 Å². The molecule has 0 aliphatic heterocycles. The Bertz CT molecular complexity index is 291. The zero-order valence-electron chi connectivity index (χ0n) is 6.16. The van der Waals surface area contributed by atoms with E-state index in [1.54, 1.807) is 0 Å². The third-order valence-electron chi connectivity index (χ3n) is 1.42. The van der Waals surface area contributed by atoms with E-state index in [-0.39, 0.29) is 17.0 Å². The van der Waals surface area contributed by atoms with Gasteiger partial charge in [-0.2, -0.15) is 5.90 Å². The molecule has 0 saturated heterocycles. The van der Waals surface area contributed by atoms with Crippen molar-refractivity contribution in [1.29, 1.82) is 0 Å². The van der Waals surface area contributed by atoms with E-state index < -0.39 is 6.67 Å². The molecule has 0 heterocycles. The van der Waals surface area contributed by atoms with E-state index in [2.05, 4.69) is 10.0 Å². The third kappa shape index (κ3) is 1.57. The van der Waals surface area contributed by atoms with Crippen LogP contribution in [0.25, 0.3) is 0 Å². The summed E-state index contributed by atoms with van der Waals surface area (Å²) in [5.74, 6) is 5.06. The first-order chi connectivity index (χ1) is 5.81. The molecule has 0 fully saturated rings. The Kier molecular flexibility index (Phi) is 2.71. The van der Waals surface area contributed by atoms with Crippen LogP contribution in [0.3, 0.4) is 0 Å². The Morgan fingerprint density at radius 1 is 1.58 bits per heavy atom. The molecule has 1 aromatic carbocycles. The van der Waals surface area contributed by atoms with Crippen molar-refractivity contribution in [3.05, 3.63) is 28.7 Å². The van der Waals surface area contributed by atoms with Crippen LogP contribution in [0.1, 0.15) is 5.56 Å². The average Bonchev–Trinajstić information content (AvgIpc) is 2.16. The highest BCUT2D eigenvalue weighted by molar-refractivity contribution is 5.46. The number of hydrogen-bond acceptors (Lipinski definition) is 4. The average molecular weight is 170 g/mol. The lowest BCUT2D eigenvalue weighted by molar-refractivity contribution is 0.324. The van der Waals surface area contributed by atoms with Gasteiger partial charge in [-0.15, -0.1) is 4.91 Å². The summed E-state index contributed by atoms with van der Waals surface area (Å²) in [6, 6.07) is 4.08. The standard InChI is InChI=1S/C7H7FN2O2/c8-4-5-3-6(10-11)1-2-7(5)12-9/h1-3H,4,9H2. The molecule has 0 aliphatic rings. The van der Waals surface area contributed by atoms with Crippen molar-refractivity contribution < 1.29 is 9.23 Å². The molecule has 0 spiro atoms. The highest BCUT2D eigenvalue weighted by Crippen LogP contribution is 2.24. The van der Waals surface area contributed by atoms with Crippen molar-refractivity contribution in [2.24, 2.45) is 11.1 Å². The quantitative estimate of drug-likeness (QED) is 0.555. The predicted molar refractivity (Wildman–Crippen MR) is 41.5 cm³/mol. The summed E-state index contributed by atoms with van der Waals surface area (Å²) >= 11 is 0. The fraction of sp³-hybridized carbons (Fsp3) is 0.143.